The normalized spacial score (nSPS) is 16.8. The van der Waals surface area contributed by atoms with E-state index in [1.807, 2.05) is 6.20 Å². The fraction of sp³-hybridized carbons (Fsp3) is 0.286. The van der Waals surface area contributed by atoms with Crippen molar-refractivity contribution in [3.8, 4) is 0 Å². The van der Waals surface area contributed by atoms with Crippen molar-refractivity contribution in [2.75, 3.05) is 25.0 Å². The average Bonchev–Trinajstić information content (AvgIpc) is 2.68. The van der Waals surface area contributed by atoms with E-state index in [9.17, 15) is 0 Å². The first-order valence-electron chi connectivity index (χ1n) is 8.71. The molecule has 2 aromatic carbocycles. The summed E-state index contributed by atoms with van der Waals surface area (Å²) < 4.78 is 0. The smallest absolute Gasteiger partial charge is 0.133 e. The highest BCUT2D eigenvalue weighted by molar-refractivity contribution is 5.91. The standard InChI is InChI=1S/C21H23N3/c1-2-7-18(8-3-1)21(11-14-22-15-12-21)16-24-20-19-9-5-4-6-17(19)10-13-23-20/h1-10,13,22H,11-12,14-16H2,(H,23,24). The Labute approximate surface area is 143 Å². The van der Waals surface area contributed by atoms with Crippen LogP contribution in [-0.4, -0.2) is 24.6 Å². The van der Waals surface area contributed by atoms with Crippen molar-refractivity contribution in [3.63, 3.8) is 0 Å². The maximum Gasteiger partial charge on any atom is 0.133 e. The van der Waals surface area contributed by atoms with Gasteiger partial charge in [-0.1, -0.05) is 54.6 Å². The summed E-state index contributed by atoms with van der Waals surface area (Å²) >= 11 is 0. The Morgan fingerprint density at radius 3 is 2.50 bits per heavy atom. The van der Waals surface area contributed by atoms with Crippen LogP contribution in [0.3, 0.4) is 0 Å². The molecule has 1 aliphatic rings. The van der Waals surface area contributed by atoms with E-state index in [0.29, 0.717) is 0 Å². The second-order valence-electron chi connectivity index (χ2n) is 6.63. The Bertz CT molecular complexity index is 802. The van der Waals surface area contributed by atoms with Crippen molar-refractivity contribution in [1.29, 1.82) is 0 Å². The highest BCUT2D eigenvalue weighted by atomic mass is 15.0. The number of fused-ring (bicyclic) bond motifs is 1. The molecule has 0 bridgehead atoms. The van der Waals surface area contributed by atoms with E-state index in [1.165, 1.54) is 16.3 Å². The summed E-state index contributed by atoms with van der Waals surface area (Å²) in [5.41, 5.74) is 1.60. The van der Waals surface area contributed by atoms with E-state index in [0.717, 1.165) is 38.3 Å². The summed E-state index contributed by atoms with van der Waals surface area (Å²) in [5, 5.41) is 9.57. The summed E-state index contributed by atoms with van der Waals surface area (Å²) in [7, 11) is 0. The van der Waals surface area contributed by atoms with E-state index in [1.54, 1.807) is 0 Å². The quantitative estimate of drug-likeness (QED) is 0.764. The van der Waals surface area contributed by atoms with Crippen LogP contribution in [0.25, 0.3) is 10.8 Å². The van der Waals surface area contributed by atoms with Gasteiger partial charge < -0.3 is 10.6 Å². The van der Waals surface area contributed by atoms with Gasteiger partial charge in [0.1, 0.15) is 5.82 Å². The first-order valence-corrected chi connectivity index (χ1v) is 8.71. The van der Waals surface area contributed by atoms with Gasteiger partial charge in [0.2, 0.25) is 0 Å². The maximum absolute atomic E-state index is 4.59. The minimum atomic E-state index is 0.172. The molecular formula is C21H23N3. The number of hydrogen-bond donors (Lipinski definition) is 2. The second kappa shape index (κ2) is 6.62. The molecule has 3 heteroatoms. The van der Waals surface area contributed by atoms with Gasteiger partial charge in [-0.05, 0) is 42.9 Å². The van der Waals surface area contributed by atoms with Crippen molar-refractivity contribution in [1.82, 2.24) is 10.3 Å². The van der Waals surface area contributed by atoms with Crippen LogP contribution in [0.2, 0.25) is 0 Å². The van der Waals surface area contributed by atoms with E-state index < -0.39 is 0 Å². The van der Waals surface area contributed by atoms with Crippen LogP contribution in [0.4, 0.5) is 5.82 Å². The number of nitrogens with zero attached hydrogens (tertiary/aromatic N) is 1. The number of hydrogen-bond acceptors (Lipinski definition) is 3. The molecule has 3 nitrogen and oxygen atoms in total. The van der Waals surface area contributed by atoms with E-state index in [-0.39, 0.29) is 5.41 Å². The van der Waals surface area contributed by atoms with Gasteiger partial charge in [0.25, 0.3) is 0 Å². The zero-order valence-corrected chi connectivity index (χ0v) is 13.8. The first-order chi connectivity index (χ1) is 11.9. The minimum absolute atomic E-state index is 0.172. The molecule has 1 saturated heterocycles. The predicted molar refractivity (Wildman–Crippen MR) is 100 cm³/mol. The van der Waals surface area contributed by atoms with E-state index in [4.69, 9.17) is 0 Å². The number of nitrogens with one attached hydrogen (secondary N) is 2. The Hall–Kier alpha value is -2.39. The Kier molecular flexibility index (Phi) is 4.18. The van der Waals surface area contributed by atoms with Gasteiger partial charge in [-0.2, -0.15) is 0 Å². The Morgan fingerprint density at radius 2 is 1.67 bits per heavy atom. The average molecular weight is 317 g/mol. The van der Waals surface area contributed by atoms with Gasteiger partial charge in [-0.15, -0.1) is 0 Å². The lowest BCUT2D eigenvalue weighted by Crippen LogP contribution is -2.44. The maximum atomic E-state index is 4.59. The SMILES string of the molecule is c1ccc(C2(CNc3nccc4ccccc34)CCNCC2)cc1. The van der Waals surface area contributed by atoms with Crippen LogP contribution in [-0.2, 0) is 5.41 Å². The molecule has 3 aromatic rings. The minimum Gasteiger partial charge on any atom is -0.369 e. The number of aromatic nitrogens is 1. The molecule has 2 N–H and O–H groups in total. The second-order valence-corrected chi connectivity index (χ2v) is 6.63. The highest BCUT2D eigenvalue weighted by Crippen LogP contribution is 2.34. The van der Waals surface area contributed by atoms with Gasteiger partial charge in [-0.3, -0.25) is 0 Å². The predicted octanol–water partition coefficient (Wildman–Crippen LogP) is 3.97. The fourth-order valence-electron chi connectivity index (χ4n) is 3.78. The molecule has 1 aliphatic heterocycles. The summed E-state index contributed by atoms with van der Waals surface area (Å²) in [6.45, 7) is 3.05. The lowest BCUT2D eigenvalue weighted by Gasteiger charge is -2.38. The zero-order valence-electron chi connectivity index (χ0n) is 13.8. The number of piperidine rings is 1. The molecule has 122 valence electrons. The number of benzene rings is 2. The van der Waals surface area contributed by atoms with Crippen LogP contribution in [0.15, 0.2) is 66.9 Å². The third-order valence-corrected chi connectivity index (χ3v) is 5.21. The van der Waals surface area contributed by atoms with Gasteiger partial charge in [0.05, 0.1) is 0 Å². The van der Waals surface area contributed by atoms with Crippen LogP contribution in [0.5, 0.6) is 0 Å². The molecule has 4 rings (SSSR count). The van der Waals surface area contributed by atoms with Crippen molar-refractivity contribution in [2.24, 2.45) is 0 Å². The van der Waals surface area contributed by atoms with Crippen molar-refractivity contribution >= 4 is 16.6 Å². The number of anilines is 1. The van der Waals surface area contributed by atoms with Gasteiger partial charge in [-0.25, -0.2) is 4.98 Å². The molecule has 0 spiro atoms. The summed E-state index contributed by atoms with van der Waals surface area (Å²) in [5.74, 6) is 0.988. The van der Waals surface area contributed by atoms with Gasteiger partial charge in [0, 0.05) is 23.5 Å². The third kappa shape index (κ3) is 2.87. The highest BCUT2D eigenvalue weighted by Gasteiger charge is 2.33. The van der Waals surface area contributed by atoms with Gasteiger partial charge in [0.15, 0.2) is 0 Å². The van der Waals surface area contributed by atoms with E-state index >= 15 is 0 Å². The molecule has 0 saturated carbocycles. The van der Waals surface area contributed by atoms with Crippen molar-refractivity contribution < 1.29 is 0 Å². The Morgan fingerprint density at radius 1 is 0.917 bits per heavy atom. The molecule has 1 aromatic heterocycles. The topological polar surface area (TPSA) is 37.0 Å². The summed E-state index contributed by atoms with van der Waals surface area (Å²) in [4.78, 5) is 4.59. The molecule has 0 unspecified atom stereocenters. The number of rotatable bonds is 4. The molecule has 0 radical (unpaired) electrons. The van der Waals surface area contributed by atoms with Gasteiger partial charge >= 0.3 is 0 Å². The number of pyridine rings is 1. The monoisotopic (exact) mass is 317 g/mol. The first kappa shape index (κ1) is 15.2. The molecule has 0 aliphatic carbocycles. The van der Waals surface area contributed by atoms with Crippen LogP contribution >= 0.6 is 0 Å². The Balaban J connectivity index is 1.64. The summed E-state index contributed by atoms with van der Waals surface area (Å²) in [6, 6.07) is 21.4. The lowest BCUT2D eigenvalue weighted by atomic mass is 9.73. The lowest BCUT2D eigenvalue weighted by molar-refractivity contribution is 0.323. The molecule has 24 heavy (non-hydrogen) atoms. The zero-order chi connectivity index (χ0) is 16.2. The summed E-state index contributed by atoms with van der Waals surface area (Å²) in [6.07, 6.45) is 4.19. The van der Waals surface area contributed by atoms with E-state index in [2.05, 4.69) is 76.3 Å². The largest absolute Gasteiger partial charge is 0.369 e. The molecule has 0 atom stereocenters. The van der Waals surface area contributed by atoms with Crippen molar-refractivity contribution in [2.45, 2.75) is 18.3 Å². The third-order valence-electron chi connectivity index (χ3n) is 5.21. The molecule has 1 fully saturated rings. The van der Waals surface area contributed by atoms with Crippen LogP contribution in [0.1, 0.15) is 18.4 Å². The van der Waals surface area contributed by atoms with Crippen LogP contribution < -0.4 is 10.6 Å². The fourth-order valence-corrected chi connectivity index (χ4v) is 3.78. The van der Waals surface area contributed by atoms with Crippen LogP contribution in [0, 0.1) is 0 Å². The van der Waals surface area contributed by atoms with Crippen molar-refractivity contribution in [3.05, 3.63) is 72.4 Å². The molecule has 2 heterocycles. The molecule has 0 amide bonds. The molecular weight excluding hydrogens is 294 g/mol.